The maximum atomic E-state index is 8.94. The summed E-state index contributed by atoms with van der Waals surface area (Å²) in [6, 6.07) is 0. The van der Waals surface area contributed by atoms with Crippen LogP contribution in [0, 0.1) is 35.5 Å². The molecule has 0 aromatic carbocycles. The topological polar surface area (TPSA) is 40.5 Å². The molecule has 0 heterocycles. The van der Waals surface area contributed by atoms with Crippen molar-refractivity contribution < 1.29 is 10.2 Å². The number of hydrogen-bond donors (Lipinski definition) is 2. The minimum Gasteiger partial charge on any atom is -0.396 e. The Kier molecular flexibility index (Phi) is 8.33. The maximum Gasteiger partial charge on any atom is 0.0457 e. The van der Waals surface area contributed by atoms with E-state index in [1.165, 1.54) is 0 Å². The van der Waals surface area contributed by atoms with E-state index < -0.39 is 0 Å². The van der Waals surface area contributed by atoms with Gasteiger partial charge in [-0.1, -0.05) is 39.5 Å². The Morgan fingerprint density at radius 2 is 1.06 bits per heavy atom. The molecule has 2 N–H and O–H groups in total. The molecule has 0 spiro atoms. The Labute approximate surface area is 100 Å². The molecule has 0 aromatic rings. The summed E-state index contributed by atoms with van der Waals surface area (Å²) in [5, 5.41) is 17.9. The first kappa shape index (κ1) is 15.5. The molecular weight excluding hydrogens is 200 g/mol. The molecule has 0 rings (SSSR count). The van der Waals surface area contributed by atoms with Crippen molar-refractivity contribution >= 4 is 0 Å². The van der Waals surface area contributed by atoms with Crippen molar-refractivity contribution in [3.63, 3.8) is 0 Å². The van der Waals surface area contributed by atoms with Crippen molar-refractivity contribution in [3.05, 3.63) is 0 Å². The van der Waals surface area contributed by atoms with Gasteiger partial charge < -0.3 is 10.2 Å². The highest BCUT2D eigenvalue weighted by Crippen LogP contribution is 2.13. The van der Waals surface area contributed by atoms with Crippen molar-refractivity contribution in [2.45, 2.75) is 40.5 Å². The zero-order valence-electron chi connectivity index (χ0n) is 11.0. The highest BCUT2D eigenvalue weighted by molar-refractivity contribution is 5.05. The number of rotatable bonds is 6. The highest BCUT2D eigenvalue weighted by Gasteiger charge is 2.07. The number of aliphatic hydroxyl groups excluding tert-OH is 2. The third-order valence-electron chi connectivity index (χ3n) is 2.71. The molecule has 0 fully saturated rings. The van der Waals surface area contributed by atoms with Crippen LogP contribution in [-0.4, -0.2) is 23.4 Å². The Morgan fingerprint density at radius 3 is 1.31 bits per heavy atom. The SMILES string of the molecule is CC(C#CC(C)CC(C)CO)CC(C)CO. The van der Waals surface area contributed by atoms with E-state index in [2.05, 4.69) is 25.7 Å². The average Bonchev–Trinajstić information content (AvgIpc) is 2.26. The molecule has 16 heavy (non-hydrogen) atoms. The summed E-state index contributed by atoms with van der Waals surface area (Å²) in [7, 11) is 0. The molecule has 4 atom stereocenters. The van der Waals surface area contributed by atoms with Gasteiger partial charge in [-0.3, -0.25) is 0 Å². The van der Waals surface area contributed by atoms with E-state index >= 15 is 0 Å². The maximum absolute atomic E-state index is 8.94. The van der Waals surface area contributed by atoms with Gasteiger partial charge in [-0.2, -0.15) is 0 Å². The fraction of sp³-hybridized carbons (Fsp3) is 0.857. The summed E-state index contributed by atoms with van der Waals surface area (Å²) < 4.78 is 0. The van der Waals surface area contributed by atoms with Crippen LogP contribution in [0.15, 0.2) is 0 Å². The van der Waals surface area contributed by atoms with E-state index in [-0.39, 0.29) is 13.2 Å². The Hall–Kier alpha value is -0.520. The zero-order valence-corrected chi connectivity index (χ0v) is 11.0. The first-order valence-corrected chi connectivity index (χ1v) is 6.22. The zero-order chi connectivity index (χ0) is 12.6. The second-order valence-corrected chi connectivity index (χ2v) is 5.14. The van der Waals surface area contributed by atoms with Gasteiger partial charge in [0.05, 0.1) is 0 Å². The van der Waals surface area contributed by atoms with E-state index in [0.29, 0.717) is 23.7 Å². The minimum atomic E-state index is 0.239. The predicted molar refractivity (Wildman–Crippen MR) is 67.8 cm³/mol. The lowest BCUT2D eigenvalue weighted by atomic mass is 9.95. The van der Waals surface area contributed by atoms with Gasteiger partial charge in [-0.25, -0.2) is 0 Å². The molecule has 94 valence electrons. The summed E-state index contributed by atoms with van der Waals surface area (Å²) in [6.45, 7) is 8.75. The largest absolute Gasteiger partial charge is 0.396 e. The van der Waals surface area contributed by atoms with Crippen LogP contribution in [0.25, 0.3) is 0 Å². The van der Waals surface area contributed by atoms with Gasteiger partial charge in [0.15, 0.2) is 0 Å². The van der Waals surface area contributed by atoms with Crippen molar-refractivity contribution in [3.8, 4) is 11.8 Å². The van der Waals surface area contributed by atoms with Crippen LogP contribution in [0.5, 0.6) is 0 Å². The standard InChI is InChI=1S/C14H26O2/c1-11(7-13(3)9-15)5-6-12(2)8-14(4)10-16/h11-16H,7-10H2,1-4H3. The third kappa shape index (κ3) is 7.73. The van der Waals surface area contributed by atoms with Gasteiger partial charge in [0.25, 0.3) is 0 Å². The Bertz CT molecular complexity index is 205. The van der Waals surface area contributed by atoms with Crippen LogP contribution in [0.2, 0.25) is 0 Å². The fourth-order valence-corrected chi connectivity index (χ4v) is 1.76. The van der Waals surface area contributed by atoms with Gasteiger partial charge in [0, 0.05) is 25.0 Å². The first-order valence-electron chi connectivity index (χ1n) is 6.22. The van der Waals surface area contributed by atoms with Crippen LogP contribution >= 0.6 is 0 Å². The lowest BCUT2D eigenvalue weighted by molar-refractivity contribution is 0.221. The van der Waals surface area contributed by atoms with Crippen molar-refractivity contribution in [2.75, 3.05) is 13.2 Å². The molecule has 0 aliphatic carbocycles. The van der Waals surface area contributed by atoms with Crippen molar-refractivity contribution in [1.29, 1.82) is 0 Å². The Balaban J connectivity index is 3.97. The third-order valence-corrected chi connectivity index (χ3v) is 2.71. The minimum absolute atomic E-state index is 0.239. The second-order valence-electron chi connectivity index (χ2n) is 5.14. The molecule has 0 saturated heterocycles. The van der Waals surface area contributed by atoms with E-state index in [0.717, 1.165) is 12.8 Å². The summed E-state index contributed by atoms with van der Waals surface area (Å²) in [5.74, 6) is 7.81. The summed E-state index contributed by atoms with van der Waals surface area (Å²) >= 11 is 0. The van der Waals surface area contributed by atoms with Crippen LogP contribution in [0.3, 0.4) is 0 Å². The Morgan fingerprint density at radius 1 is 0.750 bits per heavy atom. The van der Waals surface area contributed by atoms with E-state index in [4.69, 9.17) is 10.2 Å². The summed E-state index contributed by atoms with van der Waals surface area (Å²) in [5.41, 5.74) is 0. The van der Waals surface area contributed by atoms with Crippen molar-refractivity contribution in [1.82, 2.24) is 0 Å². The molecule has 0 aromatic heterocycles. The molecule has 4 unspecified atom stereocenters. The lowest BCUT2D eigenvalue weighted by Crippen LogP contribution is -2.07. The molecule has 0 bridgehead atoms. The fourth-order valence-electron chi connectivity index (χ4n) is 1.76. The van der Waals surface area contributed by atoms with E-state index in [1.807, 2.05) is 13.8 Å². The second kappa shape index (κ2) is 8.61. The van der Waals surface area contributed by atoms with Crippen LogP contribution in [-0.2, 0) is 0 Å². The van der Waals surface area contributed by atoms with Crippen LogP contribution < -0.4 is 0 Å². The van der Waals surface area contributed by atoms with Gasteiger partial charge >= 0.3 is 0 Å². The molecule has 2 nitrogen and oxygen atoms in total. The monoisotopic (exact) mass is 226 g/mol. The molecule has 0 saturated carbocycles. The molecule has 0 radical (unpaired) electrons. The summed E-state index contributed by atoms with van der Waals surface area (Å²) in [4.78, 5) is 0. The molecule has 2 heteroatoms. The van der Waals surface area contributed by atoms with Gasteiger partial charge in [0.2, 0.25) is 0 Å². The molecule has 0 aliphatic rings. The number of hydrogen-bond acceptors (Lipinski definition) is 2. The molecule has 0 amide bonds. The highest BCUT2D eigenvalue weighted by atomic mass is 16.3. The van der Waals surface area contributed by atoms with Gasteiger partial charge in [-0.05, 0) is 24.7 Å². The molecular formula is C14H26O2. The van der Waals surface area contributed by atoms with E-state index in [1.54, 1.807) is 0 Å². The number of aliphatic hydroxyl groups is 2. The lowest BCUT2D eigenvalue weighted by Gasteiger charge is -2.11. The average molecular weight is 226 g/mol. The first-order chi connectivity index (χ1) is 7.49. The van der Waals surface area contributed by atoms with Crippen molar-refractivity contribution in [2.24, 2.45) is 23.7 Å². The summed E-state index contributed by atoms with van der Waals surface area (Å²) in [6.07, 6.45) is 1.90. The van der Waals surface area contributed by atoms with Crippen LogP contribution in [0.1, 0.15) is 40.5 Å². The van der Waals surface area contributed by atoms with E-state index in [9.17, 15) is 0 Å². The molecule has 0 aliphatic heterocycles. The van der Waals surface area contributed by atoms with Crippen LogP contribution in [0.4, 0.5) is 0 Å². The predicted octanol–water partition coefficient (Wildman–Crippen LogP) is 2.30. The van der Waals surface area contributed by atoms with Gasteiger partial charge in [-0.15, -0.1) is 0 Å². The van der Waals surface area contributed by atoms with Gasteiger partial charge in [0.1, 0.15) is 0 Å². The normalized spacial score (nSPS) is 18.1. The quantitative estimate of drug-likeness (QED) is 0.682. The smallest absolute Gasteiger partial charge is 0.0457 e.